The van der Waals surface area contributed by atoms with E-state index in [0.29, 0.717) is 23.8 Å². The summed E-state index contributed by atoms with van der Waals surface area (Å²) in [6, 6.07) is 0.564. The Morgan fingerprint density at radius 1 is 0.556 bits per heavy atom. The molecule has 1 atom stereocenters. The van der Waals surface area contributed by atoms with Crippen LogP contribution in [0.5, 0.6) is 0 Å². The van der Waals surface area contributed by atoms with Crippen LogP contribution < -0.4 is 0 Å². The number of carbonyl (C=O) groups excluding carboxylic acids is 2. The molecule has 0 N–H and O–H groups in total. The van der Waals surface area contributed by atoms with Crippen LogP contribution >= 0.6 is 0 Å². The average molecular weight is 376 g/mol. The maximum atomic E-state index is 12.8. The van der Waals surface area contributed by atoms with Crippen LogP contribution in [-0.4, -0.2) is 71.8 Å². The minimum absolute atomic E-state index is 0.207. The first-order chi connectivity index (χ1) is 13.2. The van der Waals surface area contributed by atoms with Crippen molar-refractivity contribution >= 4 is 11.8 Å². The Morgan fingerprint density at radius 3 is 1.85 bits per heavy atom. The molecule has 3 aliphatic heterocycles. The summed E-state index contributed by atoms with van der Waals surface area (Å²) in [6.45, 7) is 5.85. The molecule has 1 aliphatic carbocycles. The Kier molecular flexibility index (Phi) is 6.36. The summed E-state index contributed by atoms with van der Waals surface area (Å²) in [5.41, 5.74) is 0. The first kappa shape index (κ1) is 19.2. The molecule has 4 aliphatic rings. The number of hydrogen-bond acceptors (Lipinski definition) is 3. The van der Waals surface area contributed by atoms with E-state index in [0.717, 1.165) is 77.8 Å². The lowest BCUT2D eigenvalue weighted by atomic mass is 9.87. The molecule has 152 valence electrons. The molecule has 3 heterocycles. The van der Waals surface area contributed by atoms with Gasteiger partial charge in [0.25, 0.3) is 0 Å². The van der Waals surface area contributed by atoms with Crippen LogP contribution in [-0.2, 0) is 9.59 Å². The number of hydrogen-bond donors (Lipinski definition) is 0. The Hall–Kier alpha value is -1.10. The van der Waals surface area contributed by atoms with E-state index in [1.807, 2.05) is 0 Å². The number of nitrogens with zero attached hydrogens (tertiary/aromatic N) is 3. The maximum Gasteiger partial charge on any atom is 0.226 e. The van der Waals surface area contributed by atoms with Crippen molar-refractivity contribution in [2.75, 3.05) is 39.3 Å². The molecule has 4 rings (SSSR count). The minimum atomic E-state index is 0.207. The van der Waals surface area contributed by atoms with Gasteiger partial charge in [-0.3, -0.25) is 14.5 Å². The van der Waals surface area contributed by atoms with Gasteiger partial charge >= 0.3 is 0 Å². The Labute approximate surface area is 164 Å². The van der Waals surface area contributed by atoms with Crippen LogP contribution in [0.1, 0.15) is 70.6 Å². The second-order valence-electron chi connectivity index (χ2n) is 9.26. The zero-order chi connectivity index (χ0) is 18.6. The lowest BCUT2D eigenvalue weighted by Gasteiger charge is -2.43. The summed E-state index contributed by atoms with van der Waals surface area (Å²) < 4.78 is 0. The molecule has 0 aromatic rings. The van der Waals surface area contributed by atoms with Gasteiger partial charge in [-0.1, -0.05) is 19.3 Å². The van der Waals surface area contributed by atoms with Crippen molar-refractivity contribution in [3.8, 4) is 0 Å². The Balaban J connectivity index is 1.26. The molecular weight excluding hydrogens is 338 g/mol. The highest BCUT2D eigenvalue weighted by Crippen LogP contribution is 2.29. The molecule has 0 aromatic heterocycles. The maximum absolute atomic E-state index is 12.8. The van der Waals surface area contributed by atoms with Gasteiger partial charge in [0.05, 0.1) is 5.92 Å². The largest absolute Gasteiger partial charge is 0.342 e. The number of piperidine rings is 2. The van der Waals surface area contributed by atoms with E-state index in [4.69, 9.17) is 0 Å². The van der Waals surface area contributed by atoms with Gasteiger partial charge in [-0.05, 0) is 57.9 Å². The van der Waals surface area contributed by atoms with Crippen molar-refractivity contribution < 1.29 is 9.59 Å². The molecular formula is C22H37N3O2. The van der Waals surface area contributed by atoms with E-state index in [-0.39, 0.29) is 5.92 Å². The predicted octanol–water partition coefficient (Wildman–Crippen LogP) is 2.89. The molecule has 27 heavy (non-hydrogen) atoms. The molecule has 5 nitrogen and oxygen atoms in total. The molecule has 1 unspecified atom stereocenters. The van der Waals surface area contributed by atoms with Crippen molar-refractivity contribution in [2.45, 2.75) is 76.7 Å². The Bertz CT molecular complexity index is 518. The van der Waals surface area contributed by atoms with E-state index in [1.54, 1.807) is 0 Å². The first-order valence-electron chi connectivity index (χ1n) is 11.5. The summed E-state index contributed by atoms with van der Waals surface area (Å²) in [5.74, 6) is 1.34. The average Bonchev–Trinajstić information content (AvgIpc) is 3.28. The monoisotopic (exact) mass is 375 g/mol. The lowest BCUT2D eigenvalue weighted by Crippen LogP contribution is -2.52. The van der Waals surface area contributed by atoms with E-state index >= 15 is 0 Å². The van der Waals surface area contributed by atoms with Gasteiger partial charge in [0, 0.05) is 44.7 Å². The van der Waals surface area contributed by atoms with Crippen LogP contribution in [0.4, 0.5) is 0 Å². The summed E-state index contributed by atoms with van der Waals surface area (Å²) in [7, 11) is 0. The lowest BCUT2D eigenvalue weighted by molar-refractivity contribution is -0.138. The van der Waals surface area contributed by atoms with E-state index in [2.05, 4.69) is 14.7 Å². The first-order valence-corrected chi connectivity index (χ1v) is 11.5. The highest BCUT2D eigenvalue weighted by molar-refractivity contribution is 5.79. The number of carbonyl (C=O) groups is 2. The van der Waals surface area contributed by atoms with Crippen LogP contribution in [0.15, 0.2) is 0 Å². The van der Waals surface area contributed by atoms with Gasteiger partial charge in [-0.15, -0.1) is 0 Å². The quantitative estimate of drug-likeness (QED) is 0.762. The standard InChI is InChI=1S/C22H37N3O2/c26-21(18-7-2-1-3-8-18)24-15-10-20(11-16-24)25-14-6-9-19(17-25)22(27)23-12-4-5-13-23/h18-20H,1-17H2. The molecule has 1 saturated carbocycles. The van der Waals surface area contributed by atoms with Crippen molar-refractivity contribution in [2.24, 2.45) is 11.8 Å². The second kappa shape index (κ2) is 8.93. The minimum Gasteiger partial charge on any atom is -0.342 e. The van der Waals surface area contributed by atoms with Crippen LogP contribution in [0.2, 0.25) is 0 Å². The molecule has 0 radical (unpaired) electrons. The third-order valence-corrected chi connectivity index (χ3v) is 7.47. The summed E-state index contributed by atoms with van der Waals surface area (Å²) in [5, 5.41) is 0. The van der Waals surface area contributed by atoms with E-state index in [9.17, 15) is 9.59 Å². The predicted molar refractivity (Wildman–Crippen MR) is 106 cm³/mol. The fourth-order valence-electron chi connectivity index (χ4n) is 5.79. The third kappa shape index (κ3) is 4.49. The Morgan fingerprint density at radius 2 is 1.15 bits per heavy atom. The topological polar surface area (TPSA) is 43.9 Å². The summed E-state index contributed by atoms with van der Waals surface area (Å²) in [6.07, 6.45) is 12.7. The number of amides is 2. The fourth-order valence-corrected chi connectivity index (χ4v) is 5.79. The van der Waals surface area contributed by atoms with Crippen molar-refractivity contribution in [1.82, 2.24) is 14.7 Å². The highest BCUT2D eigenvalue weighted by atomic mass is 16.2. The van der Waals surface area contributed by atoms with Gasteiger partial charge in [0.1, 0.15) is 0 Å². The molecule has 0 spiro atoms. The van der Waals surface area contributed by atoms with Gasteiger partial charge < -0.3 is 9.80 Å². The van der Waals surface area contributed by atoms with Crippen molar-refractivity contribution in [1.29, 1.82) is 0 Å². The number of likely N-dealkylation sites (tertiary alicyclic amines) is 3. The molecule has 0 aromatic carbocycles. The van der Waals surface area contributed by atoms with Crippen molar-refractivity contribution in [3.63, 3.8) is 0 Å². The van der Waals surface area contributed by atoms with Crippen LogP contribution in [0, 0.1) is 11.8 Å². The van der Waals surface area contributed by atoms with Crippen molar-refractivity contribution in [3.05, 3.63) is 0 Å². The van der Waals surface area contributed by atoms with E-state index in [1.165, 1.54) is 32.1 Å². The van der Waals surface area contributed by atoms with E-state index < -0.39 is 0 Å². The van der Waals surface area contributed by atoms with Crippen LogP contribution in [0.3, 0.4) is 0 Å². The second-order valence-corrected chi connectivity index (χ2v) is 9.26. The van der Waals surface area contributed by atoms with Gasteiger partial charge in [-0.2, -0.15) is 0 Å². The summed E-state index contributed by atoms with van der Waals surface area (Å²) >= 11 is 0. The van der Waals surface area contributed by atoms with Gasteiger partial charge in [-0.25, -0.2) is 0 Å². The van der Waals surface area contributed by atoms with Gasteiger partial charge in [0.2, 0.25) is 11.8 Å². The summed E-state index contributed by atoms with van der Waals surface area (Å²) in [4.78, 5) is 32.4. The zero-order valence-electron chi connectivity index (χ0n) is 16.9. The normalized spacial score (nSPS) is 29.3. The molecule has 2 amide bonds. The molecule has 4 fully saturated rings. The fraction of sp³-hybridized carbons (Fsp3) is 0.909. The SMILES string of the molecule is O=C(C1CCCCC1)N1CCC(N2CCCC(C(=O)N3CCCC3)C2)CC1. The number of rotatable bonds is 3. The zero-order valence-corrected chi connectivity index (χ0v) is 16.9. The molecule has 3 saturated heterocycles. The highest BCUT2D eigenvalue weighted by Gasteiger charge is 2.35. The van der Waals surface area contributed by atoms with Gasteiger partial charge in [0.15, 0.2) is 0 Å². The molecule has 0 bridgehead atoms. The third-order valence-electron chi connectivity index (χ3n) is 7.47. The smallest absolute Gasteiger partial charge is 0.226 e. The van der Waals surface area contributed by atoms with Crippen LogP contribution in [0.25, 0.3) is 0 Å². The molecule has 5 heteroatoms.